The van der Waals surface area contributed by atoms with Crippen LogP contribution in [-0.2, 0) is 11.2 Å². The zero-order valence-electron chi connectivity index (χ0n) is 11.2. The van der Waals surface area contributed by atoms with Gasteiger partial charge in [0.05, 0.1) is 6.42 Å². The molecule has 0 spiro atoms. The fraction of sp³-hybridized carbons (Fsp3) is 0.125. The van der Waals surface area contributed by atoms with E-state index in [1.54, 1.807) is 13.1 Å². The maximum atomic E-state index is 11.5. The molecule has 0 saturated carbocycles. The predicted molar refractivity (Wildman–Crippen MR) is 79.3 cm³/mol. The molecule has 4 heteroatoms. The van der Waals surface area contributed by atoms with Gasteiger partial charge in [-0.2, -0.15) is 0 Å². The van der Waals surface area contributed by atoms with Crippen LogP contribution in [0.5, 0.6) is 0 Å². The van der Waals surface area contributed by atoms with E-state index < -0.39 is 0 Å². The zero-order chi connectivity index (χ0) is 14.4. The highest BCUT2D eigenvalue weighted by atomic mass is 16.1. The highest BCUT2D eigenvalue weighted by Crippen LogP contribution is 2.23. The minimum atomic E-state index is -0.120. The molecule has 2 N–H and O–H groups in total. The van der Waals surface area contributed by atoms with Crippen molar-refractivity contribution in [3.8, 4) is 0 Å². The van der Waals surface area contributed by atoms with Crippen molar-refractivity contribution >= 4 is 23.6 Å². The highest BCUT2D eigenvalue weighted by molar-refractivity contribution is 5.90. The maximum Gasteiger partial charge on any atom is 0.224 e. The molecule has 0 aromatic heterocycles. The van der Waals surface area contributed by atoms with Crippen molar-refractivity contribution in [1.82, 2.24) is 5.32 Å². The number of hydrogen-bond donors (Lipinski definition) is 2. The van der Waals surface area contributed by atoms with E-state index in [1.807, 2.05) is 42.5 Å². The lowest BCUT2D eigenvalue weighted by Gasteiger charge is -2.12. The number of rotatable bonds is 5. The number of benzene rings is 2. The quantitative estimate of drug-likeness (QED) is 0.819. The molecule has 0 saturated heterocycles. The molecule has 0 unspecified atom stereocenters. The van der Waals surface area contributed by atoms with Crippen LogP contribution in [0.1, 0.15) is 15.9 Å². The largest absolute Gasteiger partial charge is 0.359 e. The Morgan fingerprint density at radius 1 is 1.10 bits per heavy atom. The average Bonchev–Trinajstić information content (AvgIpc) is 2.48. The van der Waals surface area contributed by atoms with Crippen LogP contribution in [0.4, 0.5) is 11.4 Å². The maximum absolute atomic E-state index is 11.5. The van der Waals surface area contributed by atoms with Gasteiger partial charge in [0.1, 0.15) is 0 Å². The smallest absolute Gasteiger partial charge is 0.224 e. The summed E-state index contributed by atoms with van der Waals surface area (Å²) in [7, 11) is 1.58. The van der Waals surface area contributed by atoms with Crippen LogP contribution >= 0.6 is 0 Å². The third-order valence-electron chi connectivity index (χ3n) is 3.00. The van der Waals surface area contributed by atoms with Crippen molar-refractivity contribution in [2.75, 3.05) is 12.4 Å². The minimum absolute atomic E-state index is 0.120. The Morgan fingerprint density at radius 3 is 2.50 bits per heavy atom. The van der Waals surface area contributed by atoms with Gasteiger partial charge in [-0.1, -0.05) is 30.3 Å². The van der Waals surface area contributed by atoms with Gasteiger partial charge in [0.15, 0.2) is 6.29 Å². The Labute approximate surface area is 117 Å². The van der Waals surface area contributed by atoms with Crippen molar-refractivity contribution in [2.24, 2.45) is 0 Å². The summed E-state index contributed by atoms with van der Waals surface area (Å²) < 4.78 is 0. The normalized spacial score (nSPS) is 9.85. The molecule has 20 heavy (non-hydrogen) atoms. The molecule has 0 bridgehead atoms. The standard InChI is InChI=1S/C16H16N2O2/c1-17-16(20)10-12-6-5-9-15(14(12)11-19)18-13-7-3-2-4-8-13/h2-9,11,18H,10H2,1H3,(H,17,20). The van der Waals surface area contributed by atoms with Crippen LogP contribution in [0.3, 0.4) is 0 Å². The second kappa shape index (κ2) is 6.52. The fourth-order valence-electron chi connectivity index (χ4n) is 1.95. The number of hydrogen-bond acceptors (Lipinski definition) is 3. The Hall–Kier alpha value is -2.62. The molecular weight excluding hydrogens is 252 g/mol. The molecule has 2 rings (SSSR count). The zero-order valence-corrected chi connectivity index (χ0v) is 11.2. The number of aldehydes is 1. The number of amides is 1. The average molecular weight is 268 g/mol. The predicted octanol–water partition coefficient (Wildman–Crippen LogP) is 2.53. The van der Waals surface area contributed by atoms with E-state index in [1.165, 1.54) is 0 Å². The first-order valence-corrected chi connectivity index (χ1v) is 6.34. The summed E-state index contributed by atoms with van der Waals surface area (Å²) >= 11 is 0. The summed E-state index contributed by atoms with van der Waals surface area (Å²) in [4.78, 5) is 22.8. The van der Waals surface area contributed by atoms with E-state index >= 15 is 0 Å². The first-order valence-electron chi connectivity index (χ1n) is 6.34. The monoisotopic (exact) mass is 268 g/mol. The first-order chi connectivity index (χ1) is 9.74. The Morgan fingerprint density at radius 2 is 1.85 bits per heavy atom. The number of carbonyl (C=O) groups excluding carboxylic acids is 2. The van der Waals surface area contributed by atoms with Crippen LogP contribution in [-0.4, -0.2) is 19.2 Å². The molecule has 4 nitrogen and oxygen atoms in total. The number of para-hydroxylation sites is 1. The van der Waals surface area contributed by atoms with Crippen LogP contribution in [0, 0.1) is 0 Å². The molecule has 0 radical (unpaired) electrons. The molecule has 0 fully saturated rings. The van der Waals surface area contributed by atoms with Crippen molar-refractivity contribution in [2.45, 2.75) is 6.42 Å². The van der Waals surface area contributed by atoms with Gasteiger partial charge < -0.3 is 10.6 Å². The molecule has 2 aromatic carbocycles. The summed E-state index contributed by atoms with van der Waals surface area (Å²) in [6.07, 6.45) is 0.971. The van der Waals surface area contributed by atoms with Crippen molar-refractivity contribution in [1.29, 1.82) is 0 Å². The van der Waals surface area contributed by atoms with E-state index in [9.17, 15) is 9.59 Å². The van der Waals surface area contributed by atoms with Gasteiger partial charge in [-0.05, 0) is 23.8 Å². The van der Waals surface area contributed by atoms with Crippen molar-refractivity contribution < 1.29 is 9.59 Å². The third-order valence-corrected chi connectivity index (χ3v) is 3.00. The summed E-state index contributed by atoms with van der Waals surface area (Å²) in [6.45, 7) is 0. The topological polar surface area (TPSA) is 58.2 Å². The van der Waals surface area contributed by atoms with Crippen molar-refractivity contribution in [3.05, 3.63) is 59.7 Å². The Bertz CT molecular complexity index is 609. The van der Waals surface area contributed by atoms with Crippen LogP contribution in [0.25, 0.3) is 0 Å². The van der Waals surface area contributed by atoms with Gasteiger partial charge in [0.25, 0.3) is 0 Å². The van der Waals surface area contributed by atoms with Gasteiger partial charge in [0.2, 0.25) is 5.91 Å². The lowest BCUT2D eigenvalue weighted by molar-refractivity contribution is -0.119. The van der Waals surface area contributed by atoms with Crippen LogP contribution < -0.4 is 10.6 Å². The molecule has 0 atom stereocenters. The van der Waals surface area contributed by atoms with E-state index in [-0.39, 0.29) is 12.3 Å². The third kappa shape index (κ3) is 3.23. The van der Waals surface area contributed by atoms with Gasteiger partial charge in [-0.15, -0.1) is 0 Å². The summed E-state index contributed by atoms with van der Waals surface area (Å²) in [6, 6.07) is 15.0. The number of anilines is 2. The fourth-order valence-corrected chi connectivity index (χ4v) is 1.95. The molecule has 0 heterocycles. The first kappa shape index (κ1) is 13.8. The number of likely N-dealkylation sites (N-methyl/N-ethyl adjacent to an activating group) is 1. The van der Waals surface area contributed by atoms with Gasteiger partial charge in [-0.3, -0.25) is 9.59 Å². The second-order valence-corrected chi connectivity index (χ2v) is 4.34. The number of carbonyl (C=O) groups is 2. The molecule has 2 aromatic rings. The summed E-state index contributed by atoms with van der Waals surface area (Å²) in [5.41, 5.74) is 2.82. The molecule has 0 aliphatic rings. The molecule has 102 valence electrons. The van der Waals surface area contributed by atoms with Crippen LogP contribution in [0.2, 0.25) is 0 Å². The van der Waals surface area contributed by atoms with Gasteiger partial charge in [0, 0.05) is 24.0 Å². The van der Waals surface area contributed by atoms with Crippen molar-refractivity contribution in [3.63, 3.8) is 0 Å². The summed E-state index contributed by atoms with van der Waals surface area (Å²) in [5, 5.41) is 5.75. The Balaban J connectivity index is 2.31. The van der Waals surface area contributed by atoms with E-state index in [2.05, 4.69) is 10.6 Å². The second-order valence-electron chi connectivity index (χ2n) is 4.34. The van der Waals surface area contributed by atoms with E-state index in [4.69, 9.17) is 0 Å². The molecule has 0 aliphatic heterocycles. The molecule has 0 aliphatic carbocycles. The minimum Gasteiger partial charge on any atom is -0.359 e. The van der Waals surface area contributed by atoms with E-state index in [0.717, 1.165) is 12.0 Å². The van der Waals surface area contributed by atoms with Crippen LogP contribution in [0.15, 0.2) is 48.5 Å². The lowest BCUT2D eigenvalue weighted by atomic mass is 10.0. The lowest BCUT2D eigenvalue weighted by Crippen LogP contribution is -2.20. The number of nitrogens with one attached hydrogen (secondary N) is 2. The molecular formula is C16H16N2O2. The molecule has 1 amide bonds. The van der Waals surface area contributed by atoms with Gasteiger partial charge >= 0.3 is 0 Å². The Kier molecular flexibility index (Phi) is 4.50. The SMILES string of the molecule is CNC(=O)Cc1cccc(Nc2ccccc2)c1C=O. The highest BCUT2D eigenvalue weighted by Gasteiger charge is 2.10. The summed E-state index contributed by atoms with van der Waals surface area (Å²) in [5.74, 6) is -0.120. The van der Waals surface area contributed by atoms with E-state index in [0.29, 0.717) is 16.8 Å². The van der Waals surface area contributed by atoms with Gasteiger partial charge in [-0.25, -0.2) is 0 Å².